The van der Waals surface area contributed by atoms with Gasteiger partial charge in [0.15, 0.2) is 0 Å². The molecule has 1 aliphatic heterocycles. The molecule has 2 unspecified atom stereocenters. The first-order valence-electron chi connectivity index (χ1n) is 8.77. The second kappa shape index (κ2) is 7.32. The molecule has 2 heteroatoms. The fourth-order valence-electron chi connectivity index (χ4n) is 3.42. The molecule has 122 valence electrons. The minimum atomic E-state index is 0.183. The van der Waals surface area contributed by atoms with Gasteiger partial charge in [0.1, 0.15) is 0 Å². The van der Waals surface area contributed by atoms with Crippen molar-refractivity contribution in [2.45, 2.75) is 53.0 Å². The van der Waals surface area contributed by atoms with Crippen LogP contribution in [0.3, 0.4) is 0 Å². The SMILES string of the molecule is CCCC1=CCC(C)(C(C)NC)C=C1C1=CC=CCN1CC. The Balaban J connectivity index is 2.42. The molecule has 1 N–H and O–H groups in total. The van der Waals surface area contributed by atoms with Gasteiger partial charge in [-0.25, -0.2) is 0 Å². The monoisotopic (exact) mass is 300 g/mol. The van der Waals surface area contributed by atoms with E-state index < -0.39 is 0 Å². The lowest BCUT2D eigenvalue weighted by molar-refractivity contribution is 0.309. The molecule has 0 aromatic rings. The molecule has 0 saturated carbocycles. The highest BCUT2D eigenvalue weighted by atomic mass is 15.1. The molecule has 0 fully saturated rings. The molecule has 0 radical (unpaired) electrons. The van der Waals surface area contributed by atoms with Crippen LogP contribution in [0.5, 0.6) is 0 Å². The van der Waals surface area contributed by atoms with Crippen molar-refractivity contribution >= 4 is 0 Å². The molecule has 0 saturated heterocycles. The van der Waals surface area contributed by atoms with Crippen molar-refractivity contribution in [2.75, 3.05) is 20.1 Å². The van der Waals surface area contributed by atoms with Crippen LogP contribution in [0.15, 0.2) is 47.2 Å². The number of nitrogens with zero attached hydrogens (tertiary/aromatic N) is 1. The zero-order valence-corrected chi connectivity index (χ0v) is 14.9. The Bertz CT molecular complexity index is 510. The molecule has 0 spiro atoms. The highest BCUT2D eigenvalue weighted by molar-refractivity contribution is 5.51. The molecule has 2 nitrogen and oxygen atoms in total. The van der Waals surface area contributed by atoms with Crippen molar-refractivity contribution in [1.82, 2.24) is 10.2 Å². The fourth-order valence-corrected chi connectivity index (χ4v) is 3.42. The second-order valence-corrected chi connectivity index (χ2v) is 6.78. The second-order valence-electron chi connectivity index (χ2n) is 6.78. The Morgan fingerprint density at radius 1 is 1.36 bits per heavy atom. The molecule has 2 atom stereocenters. The summed E-state index contributed by atoms with van der Waals surface area (Å²) in [6.45, 7) is 11.3. The molecule has 0 amide bonds. The van der Waals surface area contributed by atoms with Crippen LogP contribution >= 0.6 is 0 Å². The third-order valence-corrected chi connectivity index (χ3v) is 5.26. The Morgan fingerprint density at radius 3 is 2.77 bits per heavy atom. The maximum Gasteiger partial charge on any atom is 0.0442 e. The first-order valence-corrected chi connectivity index (χ1v) is 8.77. The number of hydrogen-bond donors (Lipinski definition) is 1. The molecule has 22 heavy (non-hydrogen) atoms. The Labute approximate surface area is 136 Å². The summed E-state index contributed by atoms with van der Waals surface area (Å²) in [5.74, 6) is 0. The largest absolute Gasteiger partial charge is 0.368 e. The van der Waals surface area contributed by atoms with E-state index in [1.165, 1.54) is 29.7 Å². The summed E-state index contributed by atoms with van der Waals surface area (Å²) in [4.78, 5) is 2.48. The molecular weight excluding hydrogens is 268 g/mol. The van der Waals surface area contributed by atoms with Crippen LogP contribution in [0.4, 0.5) is 0 Å². The molecule has 0 aromatic heterocycles. The summed E-state index contributed by atoms with van der Waals surface area (Å²) in [7, 11) is 2.07. The van der Waals surface area contributed by atoms with Gasteiger partial charge in [0.25, 0.3) is 0 Å². The van der Waals surface area contributed by atoms with E-state index in [0.717, 1.165) is 19.5 Å². The van der Waals surface area contributed by atoms with E-state index in [0.29, 0.717) is 6.04 Å². The smallest absolute Gasteiger partial charge is 0.0442 e. The van der Waals surface area contributed by atoms with Crippen LogP contribution in [0.25, 0.3) is 0 Å². The van der Waals surface area contributed by atoms with E-state index >= 15 is 0 Å². The first-order chi connectivity index (χ1) is 10.6. The lowest BCUT2D eigenvalue weighted by Gasteiger charge is -2.39. The van der Waals surface area contributed by atoms with Crippen LogP contribution in [0.2, 0.25) is 0 Å². The van der Waals surface area contributed by atoms with Crippen LogP contribution in [-0.2, 0) is 0 Å². The molecule has 1 heterocycles. The average Bonchev–Trinajstić information content (AvgIpc) is 2.56. The molecule has 0 aromatic carbocycles. The molecular formula is C20H32N2. The third-order valence-electron chi connectivity index (χ3n) is 5.26. The fraction of sp³-hybridized carbons (Fsp3) is 0.600. The summed E-state index contributed by atoms with van der Waals surface area (Å²) in [5.41, 5.74) is 4.58. The van der Waals surface area contributed by atoms with Crippen LogP contribution in [0.1, 0.15) is 47.0 Å². The average molecular weight is 300 g/mol. The maximum absolute atomic E-state index is 3.45. The van der Waals surface area contributed by atoms with E-state index in [-0.39, 0.29) is 5.41 Å². The molecule has 2 aliphatic rings. The van der Waals surface area contributed by atoms with E-state index in [1.54, 1.807) is 0 Å². The maximum atomic E-state index is 3.45. The normalized spacial score (nSPS) is 26.4. The lowest BCUT2D eigenvalue weighted by Crippen LogP contribution is -2.40. The summed E-state index contributed by atoms with van der Waals surface area (Å²) >= 11 is 0. The van der Waals surface area contributed by atoms with Gasteiger partial charge in [-0.05, 0) is 51.0 Å². The van der Waals surface area contributed by atoms with Crippen LogP contribution < -0.4 is 5.32 Å². The zero-order chi connectivity index (χ0) is 16.2. The van der Waals surface area contributed by atoms with Crippen molar-refractivity contribution in [3.8, 4) is 0 Å². The van der Waals surface area contributed by atoms with E-state index in [1.807, 2.05) is 0 Å². The first kappa shape index (κ1) is 17.1. The topological polar surface area (TPSA) is 15.3 Å². The van der Waals surface area contributed by atoms with Gasteiger partial charge < -0.3 is 10.2 Å². The van der Waals surface area contributed by atoms with Gasteiger partial charge in [0.05, 0.1) is 0 Å². The van der Waals surface area contributed by atoms with Gasteiger partial charge in [-0.15, -0.1) is 0 Å². The lowest BCUT2D eigenvalue weighted by atomic mass is 9.72. The molecule has 1 aliphatic carbocycles. The summed E-state index contributed by atoms with van der Waals surface area (Å²) < 4.78 is 0. The third kappa shape index (κ3) is 3.38. The number of likely N-dealkylation sites (N-methyl/N-ethyl adjacent to an activating group) is 1. The van der Waals surface area contributed by atoms with Crippen molar-refractivity contribution in [3.05, 3.63) is 47.2 Å². The van der Waals surface area contributed by atoms with E-state index in [2.05, 4.69) is 75.3 Å². The van der Waals surface area contributed by atoms with E-state index in [4.69, 9.17) is 0 Å². The van der Waals surface area contributed by atoms with Crippen LogP contribution in [-0.4, -0.2) is 31.1 Å². The van der Waals surface area contributed by atoms with E-state index in [9.17, 15) is 0 Å². The number of rotatable bonds is 6. The highest BCUT2D eigenvalue weighted by Crippen LogP contribution is 2.40. The molecule has 0 bridgehead atoms. The predicted molar refractivity (Wildman–Crippen MR) is 96.8 cm³/mol. The van der Waals surface area contributed by atoms with Gasteiger partial charge in [-0.3, -0.25) is 0 Å². The van der Waals surface area contributed by atoms with Crippen molar-refractivity contribution < 1.29 is 0 Å². The number of nitrogens with one attached hydrogen (secondary N) is 1. The number of hydrogen-bond acceptors (Lipinski definition) is 2. The summed E-state index contributed by atoms with van der Waals surface area (Å²) in [5, 5.41) is 3.45. The van der Waals surface area contributed by atoms with Crippen molar-refractivity contribution in [1.29, 1.82) is 0 Å². The zero-order valence-electron chi connectivity index (χ0n) is 14.9. The van der Waals surface area contributed by atoms with Gasteiger partial charge in [-0.2, -0.15) is 0 Å². The predicted octanol–water partition coefficient (Wildman–Crippen LogP) is 4.43. The number of allylic oxidation sites excluding steroid dienone is 4. The highest BCUT2D eigenvalue weighted by Gasteiger charge is 2.32. The minimum Gasteiger partial charge on any atom is -0.368 e. The van der Waals surface area contributed by atoms with Gasteiger partial charge >= 0.3 is 0 Å². The Hall–Kier alpha value is -1.28. The molecule has 2 rings (SSSR count). The van der Waals surface area contributed by atoms with Crippen molar-refractivity contribution in [3.63, 3.8) is 0 Å². The summed E-state index contributed by atoms with van der Waals surface area (Å²) in [6, 6.07) is 0.469. The Kier molecular flexibility index (Phi) is 5.69. The minimum absolute atomic E-state index is 0.183. The summed E-state index contributed by atoms with van der Waals surface area (Å²) in [6.07, 6.45) is 15.3. The van der Waals surface area contributed by atoms with Crippen LogP contribution in [0, 0.1) is 5.41 Å². The standard InChI is InChI=1S/C20H32N2/c1-6-10-17-12-13-20(4,16(3)21-5)15-18(17)19-11-8-9-14-22(19)7-2/h8-9,11-12,15-16,21H,6-7,10,13-14H2,1-5H3. The van der Waals surface area contributed by atoms with Crippen molar-refractivity contribution in [2.24, 2.45) is 5.41 Å². The Morgan fingerprint density at radius 2 is 2.14 bits per heavy atom. The van der Waals surface area contributed by atoms with Gasteiger partial charge in [0, 0.05) is 30.2 Å². The van der Waals surface area contributed by atoms with Gasteiger partial charge in [0.2, 0.25) is 0 Å². The quantitative estimate of drug-likeness (QED) is 0.780. The van der Waals surface area contributed by atoms with Gasteiger partial charge in [-0.1, -0.05) is 44.6 Å².